The summed E-state index contributed by atoms with van der Waals surface area (Å²) in [7, 11) is 0. The number of aromatic nitrogens is 1. The van der Waals surface area contributed by atoms with Gasteiger partial charge >= 0.3 is 12.0 Å². The summed E-state index contributed by atoms with van der Waals surface area (Å²) >= 11 is 1.50. The maximum atomic E-state index is 11.8. The first-order valence-corrected chi connectivity index (χ1v) is 7.84. The minimum Gasteiger partial charge on any atom is -0.481 e. The molecule has 1 aromatic rings. The van der Waals surface area contributed by atoms with Gasteiger partial charge in [0.05, 0.1) is 6.04 Å². The van der Waals surface area contributed by atoms with Crippen LogP contribution in [0.4, 0.5) is 4.79 Å². The van der Waals surface area contributed by atoms with E-state index in [-0.39, 0.29) is 23.9 Å². The Hall–Kier alpha value is -1.63. The standard InChI is InChI=1S/C14H23N3O3S/c1-10(12-15-8-9-21-12)17-13(20)16-7-6-14(2,3)5-4-11(18)19/h8-10H,4-7H2,1-3H3,(H,18,19)(H2,16,17,20). The molecule has 0 fully saturated rings. The van der Waals surface area contributed by atoms with Gasteiger partial charge in [-0.1, -0.05) is 13.8 Å². The van der Waals surface area contributed by atoms with Crippen LogP contribution in [-0.2, 0) is 4.79 Å². The second-order valence-electron chi connectivity index (χ2n) is 5.80. The fraction of sp³-hybridized carbons (Fsp3) is 0.643. The molecule has 1 unspecified atom stereocenters. The number of hydrogen-bond acceptors (Lipinski definition) is 4. The maximum Gasteiger partial charge on any atom is 0.315 e. The Labute approximate surface area is 129 Å². The normalized spacial score (nSPS) is 12.7. The van der Waals surface area contributed by atoms with Crippen molar-refractivity contribution < 1.29 is 14.7 Å². The van der Waals surface area contributed by atoms with Gasteiger partial charge in [-0.15, -0.1) is 11.3 Å². The third-order valence-electron chi connectivity index (χ3n) is 3.27. The van der Waals surface area contributed by atoms with E-state index in [0.717, 1.165) is 11.4 Å². The van der Waals surface area contributed by atoms with E-state index in [4.69, 9.17) is 5.11 Å². The molecule has 1 aromatic heterocycles. The topological polar surface area (TPSA) is 91.3 Å². The van der Waals surface area contributed by atoms with E-state index in [1.165, 1.54) is 11.3 Å². The Balaban J connectivity index is 2.25. The molecule has 1 heterocycles. The third-order valence-corrected chi connectivity index (χ3v) is 4.23. The summed E-state index contributed by atoms with van der Waals surface area (Å²) in [6, 6.07) is -0.350. The number of carbonyl (C=O) groups is 2. The molecule has 3 N–H and O–H groups in total. The first-order valence-electron chi connectivity index (χ1n) is 6.96. The lowest BCUT2D eigenvalue weighted by Crippen LogP contribution is -2.38. The Bertz CT molecular complexity index is 460. The molecule has 0 radical (unpaired) electrons. The number of carboxylic acid groups (broad SMARTS) is 1. The molecule has 1 atom stereocenters. The third kappa shape index (κ3) is 7.08. The van der Waals surface area contributed by atoms with Crippen LogP contribution in [0.5, 0.6) is 0 Å². The van der Waals surface area contributed by atoms with Crippen molar-refractivity contribution in [3.63, 3.8) is 0 Å². The molecule has 6 nitrogen and oxygen atoms in total. The van der Waals surface area contributed by atoms with Crippen LogP contribution in [0.15, 0.2) is 11.6 Å². The van der Waals surface area contributed by atoms with Crippen LogP contribution in [0.3, 0.4) is 0 Å². The van der Waals surface area contributed by atoms with E-state index < -0.39 is 5.97 Å². The molecule has 0 aromatic carbocycles. The molecule has 0 saturated heterocycles. The fourth-order valence-electron chi connectivity index (χ4n) is 1.84. The highest BCUT2D eigenvalue weighted by atomic mass is 32.1. The average Bonchev–Trinajstić information content (AvgIpc) is 2.90. The van der Waals surface area contributed by atoms with Gasteiger partial charge in [-0.3, -0.25) is 4.79 Å². The molecular weight excluding hydrogens is 290 g/mol. The Morgan fingerprint density at radius 1 is 1.43 bits per heavy atom. The summed E-state index contributed by atoms with van der Waals surface area (Å²) in [5, 5.41) is 17.1. The first kappa shape index (κ1) is 17.4. The zero-order chi connectivity index (χ0) is 15.9. The zero-order valence-electron chi connectivity index (χ0n) is 12.7. The second-order valence-corrected chi connectivity index (χ2v) is 6.73. The SMILES string of the molecule is CC(NC(=O)NCCC(C)(C)CCC(=O)O)c1nccs1. The summed E-state index contributed by atoms with van der Waals surface area (Å²) in [4.78, 5) is 26.5. The number of thiazole rings is 1. The number of hydrogen-bond donors (Lipinski definition) is 3. The van der Waals surface area contributed by atoms with Gasteiger partial charge in [0.1, 0.15) is 5.01 Å². The highest BCUT2D eigenvalue weighted by Gasteiger charge is 2.19. The number of urea groups is 1. The van der Waals surface area contributed by atoms with Gasteiger partial charge in [-0.25, -0.2) is 9.78 Å². The van der Waals surface area contributed by atoms with Crippen LogP contribution in [0.1, 0.15) is 51.1 Å². The summed E-state index contributed by atoms with van der Waals surface area (Å²) in [6.45, 7) is 6.42. The molecule has 118 valence electrons. The van der Waals surface area contributed by atoms with Crippen LogP contribution in [0.2, 0.25) is 0 Å². The van der Waals surface area contributed by atoms with Crippen LogP contribution >= 0.6 is 11.3 Å². The summed E-state index contributed by atoms with van der Waals surface area (Å²) in [5.74, 6) is -0.786. The number of aliphatic carboxylic acids is 1. The molecule has 1 rings (SSSR count). The minimum atomic E-state index is -0.786. The predicted octanol–water partition coefficient (Wildman–Crippen LogP) is 2.78. The van der Waals surface area contributed by atoms with E-state index in [0.29, 0.717) is 13.0 Å². The van der Waals surface area contributed by atoms with Gasteiger partial charge in [-0.2, -0.15) is 0 Å². The number of amides is 2. The summed E-state index contributed by atoms with van der Waals surface area (Å²) in [5.41, 5.74) is -0.105. The molecule has 0 saturated carbocycles. The maximum absolute atomic E-state index is 11.8. The number of rotatable bonds is 8. The van der Waals surface area contributed by atoms with E-state index in [1.54, 1.807) is 6.20 Å². The molecule has 0 aliphatic carbocycles. The zero-order valence-corrected chi connectivity index (χ0v) is 13.5. The van der Waals surface area contributed by atoms with Crippen LogP contribution in [0.25, 0.3) is 0 Å². The Kier molecular flexibility index (Phi) is 6.61. The number of nitrogens with zero attached hydrogens (tertiary/aromatic N) is 1. The van der Waals surface area contributed by atoms with Crippen molar-refractivity contribution in [1.29, 1.82) is 0 Å². The van der Waals surface area contributed by atoms with Gasteiger partial charge in [0.25, 0.3) is 0 Å². The highest BCUT2D eigenvalue weighted by Crippen LogP contribution is 2.26. The lowest BCUT2D eigenvalue weighted by Gasteiger charge is -2.24. The van der Waals surface area contributed by atoms with E-state index in [2.05, 4.69) is 15.6 Å². The largest absolute Gasteiger partial charge is 0.481 e. The lowest BCUT2D eigenvalue weighted by atomic mass is 9.84. The molecule has 0 spiro atoms. The monoisotopic (exact) mass is 313 g/mol. The average molecular weight is 313 g/mol. The van der Waals surface area contributed by atoms with E-state index in [9.17, 15) is 9.59 Å². The Morgan fingerprint density at radius 2 is 2.14 bits per heavy atom. The van der Waals surface area contributed by atoms with E-state index in [1.807, 2.05) is 26.2 Å². The van der Waals surface area contributed by atoms with Crippen molar-refractivity contribution in [2.45, 2.75) is 46.1 Å². The van der Waals surface area contributed by atoms with Crippen molar-refractivity contribution in [3.05, 3.63) is 16.6 Å². The van der Waals surface area contributed by atoms with Gasteiger partial charge in [0.15, 0.2) is 0 Å². The van der Waals surface area contributed by atoms with E-state index >= 15 is 0 Å². The van der Waals surface area contributed by atoms with Crippen molar-refractivity contribution in [3.8, 4) is 0 Å². The summed E-state index contributed by atoms with van der Waals surface area (Å²) < 4.78 is 0. The first-order chi connectivity index (χ1) is 9.80. The Morgan fingerprint density at radius 3 is 2.71 bits per heavy atom. The molecule has 0 aliphatic rings. The van der Waals surface area contributed by atoms with Crippen molar-refractivity contribution >= 4 is 23.3 Å². The fourth-order valence-corrected chi connectivity index (χ4v) is 2.49. The number of carboxylic acids is 1. The number of carbonyl (C=O) groups excluding carboxylic acids is 1. The van der Waals surface area contributed by atoms with Crippen LogP contribution in [0, 0.1) is 5.41 Å². The molecular formula is C14H23N3O3S. The molecule has 0 aliphatic heterocycles. The smallest absolute Gasteiger partial charge is 0.315 e. The van der Waals surface area contributed by atoms with Gasteiger partial charge < -0.3 is 15.7 Å². The van der Waals surface area contributed by atoms with Crippen LogP contribution < -0.4 is 10.6 Å². The molecule has 7 heteroatoms. The molecule has 2 amide bonds. The minimum absolute atomic E-state index is 0.105. The number of nitrogens with one attached hydrogen (secondary N) is 2. The van der Waals surface area contributed by atoms with Crippen molar-refractivity contribution in [2.75, 3.05) is 6.54 Å². The van der Waals surface area contributed by atoms with Crippen LogP contribution in [-0.4, -0.2) is 28.6 Å². The van der Waals surface area contributed by atoms with Gasteiger partial charge in [-0.05, 0) is 25.2 Å². The molecule has 0 bridgehead atoms. The summed E-state index contributed by atoms with van der Waals surface area (Å²) in [6.07, 6.45) is 3.20. The predicted molar refractivity (Wildman–Crippen MR) is 82.3 cm³/mol. The van der Waals surface area contributed by atoms with Gasteiger partial charge in [0.2, 0.25) is 0 Å². The highest BCUT2D eigenvalue weighted by molar-refractivity contribution is 7.09. The van der Waals surface area contributed by atoms with Gasteiger partial charge in [0, 0.05) is 24.5 Å². The lowest BCUT2D eigenvalue weighted by molar-refractivity contribution is -0.137. The second kappa shape index (κ2) is 7.97. The quantitative estimate of drug-likeness (QED) is 0.688. The van der Waals surface area contributed by atoms with Crippen molar-refractivity contribution in [2.24, 2.45) is 5.41 Å². The molecule has 21 heavy (non-hydrogen) atoms. The van der Waals surface area contributed by atoms with Crippen molar-refractivity contribution in [1.82, 2.24) is 15.6 Å².